The van der Waals surface area contributed by atoms with Gasteiger partial charge in [-0.3, -0.25) is 4.79 Å². The summed E-state index contributed by atoms with van der Waals surface area (Å²) in [5, 5.41) is 29.7. The summed E-state index contributed by atoms with van der Waals surface area (Å²) in [6.45, 7) is 5.96. The number of carbonyl (C=O) groups is 1. The number of phenolic OH excluding ortho intramolecular Hbond substituents is 2. The number of aromatic hydroxyl groups is 2. The Balaban J connectivity index is 1.98. The molecule has 0 aliphatic carbocycles. The van der Waals surface area contributed by atoms with Gasteiger partial charge in [0.15, 0.2) is 5.78 Å². The molecule has 0 saturated carbocycles. The topological polar surface area (TPSA) is 96.2 Å². The molecule has 0 fully saturated rings. The lowest BCUT2D eigenvalue weighted by molar-refractivity contribution is 0.0195. The van der Waals surface area contributed by atoms with Gasteiger partial charge >= 0.3 is 0 Å². The van der Waals surface area contributed by atoms with Gasteiger partial charge in [-0.15, -0.1) is 0 Å². The fourth-order valence-electron chi connectivity index (χ4n) is 2.21. The fraction of sp³-hybridized carbons (Fsp3) is 0.250. The quantitative estimate of drug-likeness (QED) is 0.471. The number of aliphatic hydroxyl groups excluding tert-OH is 1. The second kappa shape index (κ2) is 9.03. The Morgan fingerprint density at radius 3 is 2.42 bits per heavy atom. The maximum Gasteiger partial charge on any atom is 0.200 e. The first-order valence-electron chi connectivity index (χ1n) is 8.07. The van der Waals surface area contributed by atoms with Gasteiger partial charge in [0.25, 0.3) is 0 Å². The Labute approximate surface area is 151 Å². The van der Waals surface area contributed by atoms with Gasteiger partial charge in [-0.25, -0.2) is 0 Å². The minimum Gasteiger partial charge on any atom is -0.507 e. The Bertz CT molecular complexity index is 784. The first-order valence-corrected chi connectivity index (χ1v) is 8.07. The Morgan fingerprint density at radius 2 is 1.77 bits per heavy atom. The van der Waals surface area contributed by atoms with Gasteiger partial charge in [0.1, 0.15) is 30.0 Å². The second-order valence-corrected chi connectivity index (χ2v) is 5.96. The highest BCUT2D eigenvalue weighted by Crippen LogP contribution is 2.28. The maximum absolute atomic E-state index is 12.4. The van der Waals surface area contributed by atoms with E-state index in [-0.39, 0.29) is 35.8 Å². The molecule has 0 heterocycles. The van der Waals surface area contributed by atoms with Crippen molar-refractivity contribution in [3.8, 4) is 17.2 Å². The third-order valence-corrected chi connectivity index (χ3v) is 3.46. The average molecular weight is 358 g/mol. The van der Waals surface area contributed by atoms with Crippen LogP contribution in [0.5, 0.6) is 17.2 Å². The molecule has 0 spiro atoms. The summed E-state index contributed by atoms with van der Waals surface area (Å²) in [6, 6.07) is 10.3. The highest BCUT2D eigenvalue weighted by molar-refractivity contribution is 6.12. The zero-order valence-corrected chi connectivity index (χ0v) is 14.5. The summed E-state index contributed by atoms with van der Waals surface area (Å²) in [5.41, 5.74) is 0.999. The fourth-order valence-corrected chi connectivity index (χ4v) is 2.21. The number of ether oxygens (including phenoxy) is 2. The van der Waals surface area contributed by atoms with Crippen LogP contribution in [0, 0.1) is 0 Å². The average Bonchev–Trinajstić information content (AvgIpc) is 2.59. The molecular weight excluding hydrogens is 336 g/mol. The number of benzene rings is 2. The summed E-state index contributed by atoms with van der Waals surface area (Å²) in [5.74, 6) is -0.630. The van der Waals surface area contributed by atoms with Crippen molar-refractivity contribution in [2.75, 3.05) is 19.8 Å². The molecule has 0 bridgehead atoms. The van der Waals surface area contributed by atoms with Crippen molar-refractivity contribution in [3.05, 3.63) is 65.7 Å². The predicted octanol–water partition coefficient (Wildman–Crippen LogP) is 2.66. The van der Waals surface area contributed by atoms with Crippen LogP contribution in [0.2, 0.25) is 0 Å². The predicted molar refractivity (Wildman–Crippen MR) is 96.8 cm³/mol. The molecule has 138 valence electrons. The summed E-state index contributed by atoms with van der Waals surface area (Å²) in [7, 11) is 0. The monoisotopic (exact) mass is 358 g/mol. The van der Waals surface area contributed by atoms with Crippen LogP contribution >= 0.6 is 0 Å². The number of hydrogen-bond donors (Lipinski definition) is 3. The molecule has 0 amide bonds. The van der Waals surface area contributed by atoms with Gasteiger partial charge in [-0.05, 0) is 31.2 Å². The van der Waals surface area contributed by atoms with Gasteiger partial charge in [-0.1, -0.05) is 24.3 Å². The van der Waals surface area contributed by atoms with E-state index in [9.17, 15) is 20.1 Å². The summed E-state index contributed by atoms with van der Waals surface area (Å²) >= 11 is 0. The Hall–Kier alpha value is -2.83. The van der Waals surface area contributed by atoms with Crippen LogP contribution in [0.4, 0.5) is 0 Å². The number of ketones is 1. The summed E-state index contributed by atoms with van der Waals surface area (Å²) in [6.07, 6.45) is -0.834. The van der Waals surface area contributed by atoms with Crippen molar-refractivity contribution in [1.29, 1.82) is 0 Å². The third kappa shape index (κ3) is 5.34. The van der Waals surface area contributed by atoms with E-state index in [1.165, 1.54) is 30.3 Å². The van der Waals surface area contributed by atoms with Crippen LogP contribution in [-0.2, 0) is 4.74 Å². The van der Waals surface area contributed by atoms with Gasteiger partial charge in [0.2, 0.25) is 0 Å². The molecule has 0 saturated heterocycles. The largest absolute Gasteiger partial charge is 0.507 e. The number of rotatable bonds is 9. The van der Waals surface area contributed by atoms with Crippen molar-refractivity contribution in [1.82, 2.24) is 0 Å². The van der Waals surface area contributed by atoms with Crippen LogP contribution in [0.15, 0.2) is 54.6 Å². The van der Waals surface area contributed by atoms with E-state index in [1.807, 2.05) is 6.92 Å². The lowest BCUT2D eigenvalue weighted by atomic mass is 10.0. The molecule has 6 heteroatoms. The lowest BCUT2D eigenvalue weighted by Gasteiger charge is -2.14. The minimum absolute atomic E-state index is 0.0254. The molecule has 0 radical (unpaired) electrons. The standard InChI is InChI=1S/C20H22O6/c1-13(2)10-25-11-14(21)12-26-15-7-8-17(19(23)9-15)20(24)16-5-3-4-6-18(16)22/h3-9,14,21-23H,1,10-12H2,2H3. The zero-order chi connectivity index (χ0) is 19.1. The number of aliphatic hydroxyl groups is 1. The summed E-state index contributed by atoms with van der Waals surface area (Å²) in [4.78, 5) is 12.4. The number of phenols is 2. The van der Waals surface area contributed by atoms with Crippen LogP contribution in [0.25, 0.3) is 0 Å². The van der Waals surface area contributed by atoms with Crippen molar-refractivity contribution in [2.24, 2.45) is 0 Å². The number of para-hydroxylation sites is 1. The second-order valence-electron chi connectivity index (χ2n) is 5.96. The first-order chi connectivity index (χ1) is 12.4. The Morgan fingerprint density at radius 1 is 1.08 bits per heavy atom. The smallest absolute Gasteiger partial charge is 0.200 e. The van der Waals surface area contributed by atoms with Crippen LogP contribution in [-0.4, -0.2) is 47.0 Å². The highest BCUT2D eigenvalue weighted by Gasteiger charge is 2.17. The molecule has 0 aliphatic heterocycles. The molecule has 1 atom stereocenters. The van der Waals surface area contributed by atoms with Crippen molar-refractivity contribution >= 4 is 5.78 Å². The van der Waals surface area contributed by atoms with E-state index in [0.717, 1.165) is 5.57 Å². The van der Waals surface area contributed by atoms with Crippen molar-refractivity contribution in [3.63, 3.8) is 0 Å². The molecule has 3 N–H and O–H groups in total. The van der Waals surface area contributed by atoms with E-state index in [2.05, 4.69) is 6.58 Å². The van der Waals surface area contributed by atoms with Crippen LogP contribution in [0.1, 0.15) is 22.8 Å². The van der Waals surface area contributed by atoms with Gasteiger partial charge in [0, 0.05) is 6.07 Å². The molecular formula is C20H22O6. The Kier molecular flexibility index (Phi) is 6.77. The molecule has 0 aliphatic rings. The van der Waals surface area contributed by atoms with Crippen LogP contribution in [0.3, 0.4) is 0 Å². The number of carbonyl (C=O) groups excluding carboxylic acids is 1. The molecule has 26 heavy (non-hydrogen) atoms. The summed E-state index contributed by atoms with van der Waals surface area (Å²) < 4.78 is 10.6. The normalized spacial score (nSPS) is 11.8. The lowest BCUT2D eigenvalue weighted by Crippen LogP contribution is -2.23. The zero-order valence-electron chi connectivity index (χ0n) is 14.5. The van der Waals surface area contributed by atoms with E-state index in [4.69, 9.17) is 9.47 Å². The third-order valence-electron chi connectivity index (χ3n) is 3.46. The number of hydrogen-bond acceptors (Lipinski definition) is 6. The van der Waals surface area contributed by atoms with Gasteiger partial charge in [0.05, 0.1) is 24.3 Å². The van der Waals surface area contributed by atoms with Gasteiger partial charge in [-0.2, -0.15) is 0 Å². The molecule has 6 nitrogen and oxygen atoms in total. The van der Waals surface area contributed by atoms with E-state index in [1.54, 1.807) is 12.1 Å². The SMILES string of the molecule is C=C(C)COCC(O)COc1ccc(C(=O)c2ccccc2O)c(O)c1. The van der Waals surface area contributed by atoms with E-state index >= 15 is 0 Å². The van der Waals surface area contributed by atoms with Crippen LogP contribution < -0.4 is 4.74 Å². The van der Waals surface area contributed by atoms with E-state index in [0.29, 0.717) is 12.4 Å². The van der Waals surface area contributed by atoms with Gasteiger partial charge < -0.3 is 24.8 Å². The highest BCUT2D eigenvalue weighted by atomic mass is 16.5. The molecule has 0 aromatic heterocycles. The van der Waals surface area contributed by atoms with Crippen molar-refractivity contribution < 1.29 is 29.6 Å². The minimum atomic E-state index is -0.834. The molecule has 1 unspecified atom stereocenters. The molecule has 2 aromatic carbocycles. The van der Waals surface area contributed by atoms with Crippen molar-refractivity contribution in [2.45, 2.75) is 13.0 Å². The molecule has 2 rings (SSSR count). The molecule has 2 aromatic rings. The van der Waals surface area contributed by atoms with E-state index < -0.39 is 11.9 Å². The maximum atomic E-state index is 12.4. The first kappa shape index (κ1) is 19.5.